The van der Waals surface area contributed by atoms with Crippen LogP contribution in [0.1, 0.15) is 5.56 Å². The van der Waals surface area contributed by atoms with Crippen LogP contribution in [0.15, 0.2) is 76.5 Å². The Kier molecular flexibility index (Phi) is 3.80. The maximum atomic E-state index is 6.07. The van der Waals surface area contributed by atoms with Crippen molar-refractivity contribution in [3.05, 3.63) is 77.7 Å². The van der Waals surface area contributed by atoms with Crippen LogP contribution in [0.3, 0.4) is 0 Å². The minimum absolute atomic E-state index is 0.504. The molecule has 0 radical (unpaired) electrons. The van der Waals surface area contributed by atoms with Crippen LogP contribution in [-0.4, -0.2) is 15.2 Å². The van der Waals surface area contributed by atoms with Gasteiger partial charge in [-0.15, -0.1) is 21.5 Å². The smallest absolute Gasteiger partial charge is 0.248 e. The van der Waals surface area contributed by atoms with E-state index in [2.05, 4.69) is 21.6 Å². The fourth-order valence-electron chi connectivity index (χ4n) is 3.16. The molecule has 0 aliphatic rings. The number of rotatable bonds is 3. The van der Waals surface area contributed by atoms with Crippen molar-refractivity contribution in [3.8, 4) is 33.5 Å². The summed E-state index contributed by atoms with van der Waals surface area (Å²) in [5, 5.41) is 11.7. The van der Waals surface area contributed by atoms with Crippen LogP contribution in [0.2, 0.25) is 0 Å². The van der Waals surface area contributed by atoms with E-state index in [1.54, 1.807) is 11.3 Å². The number of pyridine rings is 1. The first-order chi connectivity index (χ1) is 13.3. The van der Waals surface area contributed by atoms with Crippen molar-refractivity contribution in [2.45, 2.75) is 6.92 Å². The first-order valence-corrected chi connectivity index (χ1v) is 9.51. The third kappa shape index (κ3) is 2.82. The summed E-state index contributed by atoms with van der Waals surface area (Å²) >= 11 is 1.66. The molecule has 0 saturated heterocycles. The lowest BCUT2D eigenvalue weighted by Gasteiger charge is -2.06. The first-order valence-electron chi connectivity index (χ1n) is 8.63. The quantitative estimate of drug-likeness (QED) is 0.392. The Morgan fingerprint density at radius 3 is 2.41 bits per heavy atom. The summed E-state index contributed by atoms with van der Waals surface area (Å²) in [7, 11) is 0. The second-order valence-electron chi connectivity index (χ2n) is 6.28. The molecular weight excluding hydrogens is 354 g/mol. The van der Waals surface area contributed by atoms with Crippen molar-refractivity contribution >= 4 is 22.2 Å². The fraction of sp³-hybridized carbons (Fsp3) is 0.0455. The van der Waals surface area contributed by atoms with Crippen LogP contribution in [0, 0.1) is 6.92 Å². The second kappa shape index (κ2) is 6.45. The molecule has 27 heavy (non-hydrogen) atoms. The van der Waals surface area contributed by atoms with Gasteiger partial charge in [-0.25, -0.2) is 4.98 Å². The molecule has 5 heteroatoms. The van der Waals surface area contributed by atoms with Crippen molar-refractivity contribution in [2.24, 2.45) is 0 Å². The lowest BCUT2D eigenvalue weighted by molar-refractivity contribution is 0.585. The maximum Gasteiger partial charge on any atom is 0.248 e. The first kappa shape index (κ1) is 15.9. The third-order valence-corrected chi connectivity index (χ3v) is 5.41. The van der Waals surface area contributed by atoms with Crippen LogP contribution < -0.4 is 0 Å². The summed E-state index contributed by atoms with van der Waals surface area (Å²) in [6, 6.07) is 22.2. The Morgan fingerprint density at radius 1 is 0.815 bits per heavy atom. The highest BCUT2D eigenvalue weighted by Crippen LogP contribution is 2.34. The van der Waals surface area contributed by atoms with E-state index in [4.69, 9.17) is 9.40 Å². The molecule has 0 saturated carbocycles. The molecule has 0 N–H and O–H groups in total. The van der Waals surface area contributed by atoms with Crippen molar-refractivity contribution < 1.29 is 4.42 Å². The zero-order valence-corrected chi connectivity index (χ0v) is 15.4. The standard InChI is InChI=1S/C22H15N3OS/c1-14-7-2-3-8-15(14)21-24-25-22(26-21)17-13-19(20-11-6-12-27-20)23-18-10-5-4-9-16(17)18/h2-13H,1H3. The van der Waals surface area contributed by atoms with Gasteiger partial charge in [-0.2, -0.15) is 0 Å². The zero-order chi connectivity index (χ0) is 18.2. The predicted molar refractivity (Wildman–Crippen MR) is 109 cm³/mol. The summed E-state index contributed by atoms with van der Waals surface area (Å²) < 4.78 is 6.07. The topological polar surface area (TPSA) is 51.8 Å². The maximum absolute atomic E-state index is 6.07. The largest absolute Gasteiger partial charge is 0.416 e. The van der Waals surface area contributed by atoms with Crippen LogP contribution >= 0.6 is 11.3 Å². The Bertz CT molecular complexity index is 1240. The van der Waals surface area contributed by atoms with Crippen LogP contribution in [-0.2, 0) is 0 Å². The lowest BCUT2D eigenvalue weighted by Crippen LogP contribution is -1.88. The lowest BCUT2D eigenvalue weighted by atomic mass is 10.1. The molecule has 0 spiro atoms. The number of benzene rings is 2. The van der Waals surface area contributed by atoms with E-state index >= 15 is 0 Å². The predicted octanol–water partition coefficient (Wildman–Crippen LogP) is 5.99. The van der Waals surface area contributed by atoms with Gasteiger partial charge in [-0.3, -0.25) is 0 Å². The molecule has 3 heterocycles. The minimum atomic E-state index is 0.504. The highest BCUT2D eigenvalue weighted by molar-refractivity contribution is 7.13. The van der Waals surface area contributed by atoms with Gasteiger partial charge in [0.1, 0.15) is 0 Å². The van der Waals surface area contributed by atoms with E-state index < -0.39 is 0 Å². The monoisotopic (exact) mass is 369 g/mol. The number of aromatic nitrogens is 3. The van der Waals surface area contributed by atoms with Crippen molar-refractivity contribution in [3.63, 3.8) is 0 Å². The Morgan fingerprint density at radius 2 is 1.59 bits per heavy atom. The molecule has 0 amide bonds. The minimum Gasteiger partial charge on any atom is -0.416 e. The van der Waals surface area contributed by atoms with Gasteiger partial charge in [0.2, 0.25) is 11.8 Å². The van der Waals surface area contributed by atoms with Crippen molar-refractivity contribution in [2.75, 3.05) is 0 Å². The number of nitrogens with zero attached hydrogens (tertiary/aromatic N) is 3. The third-order valence-electron chi connectivity index (χ3n) is 4.52. The zero-order valence-electron chi connectivity index (χ0n) is 14.6. The summed E-state index contributed by atoms with van der Waals surface area (Å²) in [4.78, 5) is 5.92. The molecule has 0 bridgehead atoms. The molecule has 130 valence electrons. The average Bonchev–Trinajstić information content (AvgIpc) is 3.40. The number of hydrogen-bond acceptors (Lipinski definition) is 5. The number of aryl methyl sites for hydroxylation is 1. The molecule has 0 unspecified atom stereocenters. The van der Waals surface area contributed by atoms with Gasteiger partial charge in [0.25, 0.3) is 0 Å². The van der Waals surface area contributed by atoms with E-state index in [9.17, 15) is 0 Å². The van der Waals surface area contributed by atoms with Gasteiger partial charge in [0.05, 0.1) is 21.7 Å². The average molecular weight is 369 g/mol. The normalized spacial score (nSPS) is 11.1. The van der Waals surface area contributed by atoms with Gasteiger partial charge in [-0.05, 0) is 42.1 Å². The molecule has 3 aromatic heterocycles. The van der Waals surface area contributed by atoms with Crippen LogP contribution in [0.4, 0.5) is 0 Å². The fourth-order valence-corrected chi connectivity index (χ4v) is 3.84. The number of fused-ring (bicyclic) bond motifs is 1. The van der Waals surface area contributed by atoms with E-state index in [0.29, 0.717) is 11.8 Å². The number of hydrogen-bond donors (Lipinski definition) is 0. The molecule has 5 rings (SSSR count). The van der Waals surface area contributed by atoms with Crippen molar-refractivity contribution in [1.82, 2.24) is 15.2 Å². The second-order valence-corrected chi connectivity index (χ2v) is 7.22. The molecular formula is C22H15N3OS. The Hall–Kier alpha value is -3.31. The van der Waals surface area contributed by atoms with Crippen LogP contribution in [0.5, 0.6) is 0 Å². The number of para-hydroxylation sites is 1. The van der Waals surface area contributed by atoms with Gasteiger partial charge in [-0.1, -0.05) is 42.5 Å². The molecule has 0 aliphatic carbocycles. The van der Waals surface area contributed by atoms with E-state index in [1.807, 2.05) is 67.6 Å². The summed E-state index contributed by atoms with van der Waals surface area (Å²) in [6.45, 7) is 2.04. The molecule has 2 aromatic carbocycles. The number of thiophene rings is 1. The Balaban J connectivity index is 1.70. The Labute approximate surface area is 160 Å². The summed E-state index contributed by atoms with van der Waals surface area (Å²) in [6.07, 6.45) is 0. The van der Waals surface area contributed by atoms with Gasteiger partial charge in [0, 0.05) is 10.9 Å². The molecule has 0 fully saturated rings. The summed E-state index contributed by atoms with van der Waals surface area (Å²) in [5.74, 6) is 1.03. The van der Waals surface area contributed by atoms with Gasteiger partial charge < -0.3 is 4.42 Å². The van der Waals surface area contributed by atoms with E-state index in [0.717, 1.165) is 38.2 Å². The van der Waals surface area contributed by atoms with Gasteiger partial charge >= 0.3 is 0 Å². The van der Waals surface area contributed by atoms with Crippen molar-refractivity contribution in [1.29, 1.82) is 0 Å². The van der Waals surface area contributed by atoms with Gasteiger partial charge in [0.15, 0.2) is 0 Å². The SMILES string of the molecule is Cc1ccccc1-c1nnc(-c2cc(-c3cccs3)nc3ccccc23)o1. The molecule has 4 nitrogen and oxygen atoms in total. The van der Waals surface area contributed by atoms with Crippen LogP contribution in [0.25, 0.3) is 44.4 Å². The molecule has 0 atom stereocenters. The highest BCUT2D eigenvalue weighted by atomic mass is 32.1. The molecule has 0 aliphatic heterocycles. The van der Waals surface area contributed by atoms with E-state index in [1.165, 1.54) is 0 Å². The molecule has 5 aromatic rings. The highest BCUT2D eigenvalue weighted by Gasteiger charge is 2.16. The summed E-state index contributed by atoms with van der Waals surface area (Å²) in [5.41, 5.74) is 4.78. The van der Waals surface area contributed by atoms with E-state index in [-0.39, 0.29) is 0 Å².